The molecule has 1 aliphatic heterocycles. The summed E-state index contributed by atoms with van der Waals surface area (Å²) >= 11 is 0. The molecule has 1 unspecified atom stereocenters. The number of rotatable bonds is 4. The van der Waals surface area contributed by atoms with Crippen LogP contribution in [-0.2, 0) is 14.8 Å². The molecular weight excluding hydrogens is 268 g/mol. The van der Waals surface area contributed by atoms with Gasteiger partial charge in [0.1, 0.15) is 0 Å². The predicted octanol–water partition coefficient (Wildman–Crippen LogP) is -0.113. The van der Waals surface area contributed by atoms with Crippen LogP contribution in [0.1, 0.15) is 26.7 Å². The number of sulfonamides is 1. The second kappa shape index (κ2) is 5.76. The number of carbonyl (C=O) groups excluding carboxylic acids is 1. The number of aliphatic hydroxyl groups is 1. The summed E-state index contributed by atoms with van der Waals surface area (Å²) in [5.41, 5.74) is -0.634. The van der Waals surface area contributed by atoms with Gasteiger partial charge in [0.05, 0.1) is 24.3 Å². The minimum atomic E-state index is -3.25. The van der Waals surface area contributed by atoms with E-state index in [1.807, 2.05) is 0 Å². The smallest absolute Gasteiger partial charge is 0.227 e. The first-order valence-corrected chi connectivity index (χ1v) is 8.28. The van der Waals surface area contributed by atoms with E-state index >= 15 is 0 Å². The third kappa shape index (κ3) is 3.90. The molecule has 0 aromatic rings. The Morgan fingerprint density at radius 2 is 2.05 bits per heavy atom. The van der Waals surface area contributed by atoms with Gasteiger partial charge in [-0.1, -0.05) is 0 Å². The van der Waals surface area contributed by atoms with Gasteiger partial charge < -0.3 is 10.0 Å². The second-order valence-electron chi connectivity index (χ2n) is 5.83. The van der Waals surface area contributed by atoms with Crippen molar-refractivity contribution in [1.82, 2.24) is 9.21 Å². The molecule has 0 radical (unpaired) electrons. The molecule has 1 N–H and O–H groups in total. The minimum Gasteiger partial charge on any atom is -0.394 e. The fraction of sp³-hybridized carbons (Fsp3) is 0.917. The molecule has 0 spiro atoms. The molecule has 0 saturated carbocycles. The Hall–Kier alpha value is -0.660. The first-order chi connectivity index (χ1) is 8.59. The van der Waals surface area contributed by atoms with Crippen molar-refractivity contribution in [2.45, 2.75) is 32.2 Å². The van der Waals surface area contributed by atoms with E-state index in [2.05, 4.69) is 0 Å². The molecule has 7 heteroatoms. The summed E-state index contributed by atoms with van der Waals surface area (Å²) in [5.74, 6) is -0.424. The molecule has 1 rings (SSSR count). The molecule has 0 aromatic heterocycles. The Balaban J connectivity index is 2.78. The van der Waals surface area contributed by atoms with E-state index in [9.17, 15) is 18.3 Å². The monoisotopic (exact) mass is 292 g/mol. The summed E-state index contributed by atoms with van der Waals surface area (Å²) in [4.78, 5) is 13.9. The quantitative estimate of drug-likeness (QED) is 0.784. The molecule has 6 nitrogen and oxygen atoms in total. The zero-order valence-corrected chi connectivity index (χ0v) is 12.9. The Labute approximate surface area is 115 Å². The van der Waals surface area contributed by atoms with Gasteiger partial charge in [-0.15, -0.1) is 0 Å². The van der Waals surface area contributed by atoms with Crippen LogP contribution in [0, 0.1) is 5.92 Å². The van der Waals surface area contributed by atoms with Crippen LogP contribution >= 0.6 is 0 Å². The molecule has 1 amide bonds. The van der Waals surface area contributed by atoms with Gasteiger partial charge in [0.25, 0.3) is 0 Å². The molecule has 0 aliphatic carbocycles. The summed E-state index contributed by atoms with van der Waals surface area (Å²) in [6.07, 6.45) is 2.55. The number of likely N-dealkylation sites (N-methyl/N-ethyl adjacent to an activating group) is 1. The summed E-state index contributed by atoms with van der Waals surface area (Å²) in [6.45, 7) is 4.15. The summed E-state index contributed by atoms with van der Waals surface area (Å²) in [7, 11) is -1.60. The van der Waals surface area contributed by atoms with E-state index in [0.717, 1.165) is 0 Å². The van der Waals surface area contributed by atoms with E-state index in [-0.39, 0.29) is 25.0 Å². The first kappa shape index (κ1) is 16.4. The van der Waals surface area contributed by atoms with E-state index in [1.54, 1.807) is 20.9 Å². The predicted molar refractivity (Wildman–Crippen MR) is 73.1 cm³/mol. The van der Waals surface area contributed by atoms with E-state index < -0.39 is 15.6 Å². The lowest BCUT2D eigenvalue weighted by Crippen LogP contribution is -2.53. The Bertz CT molecular complexity index is 433. The highest BCUT2D eigenvalue weighted by Crippen LogP contribution is 2.23. The SMILES string of the molecule is CN(C(=O)C1CCCN(S(C)(=O)=O)C1)C(C)(C)CO. The van der Waals surface area contributed by atoms with Crippen LogP contribution in [-0.4, -0.2) is 67.2 Å². The number of carbonyl (C=O) groups is 1. The van der Waals surface area contributed by atoms with Crippen LogP contribution in [0.15, 0.2) is 0 Å². The second-order valence-corrected chi connectivity index (χ2v) is 7.81. The van der Waals surface area contributed by atoms with Crippen LogP contribution in [0.3, 0.4) is 0 Å². The standard InChI is InChI=1S/C12H24N2O4S/c1-12(2,9-15)13(3)11(16)10-6-5-7-14(8-10)19(4,17)18/h10,15H,5-9H2,1-4H3. The molecule has 19 heavy (non-hydrogen) atoms. The molecule has 1 saturated heterocycles. The average molecular weight is 292 g/mol. The number of amides is 1. The van der Waals surface area contributed by atoms with Gasteiger partial charge in [-0.25, -0.2) is 12.7 Å². The largest absolute Gasteiger partial charge is 0.394 e. The maximum Gasteiger partial charge on any atom is 0.227 e. The zero-order chi connectivity index (χ0) is 14.8. The van der Waals surface area contributed by atoms with Gasteiger partial charge in [0.2, 0.25) is 15.9 Å². The van der Waals surface area contributed by atoms with Crippen LogP contribution in [0.25, 0.3) is 0 Å². The maximum absolute atomic E-state index is 12.4. The van der Waals surface area contributed by atoms with E-state index in [0.29, 0.717) is 19.4 Å². The molecule has 0 bridgehead atoms. The highest BCUT2D eigenvalue weighted by Gasteiger charge is 2.35. The average Bonchev–Trinajstić information content (AvgIpc) is 2.36. The van der Waals surface area contributed by atoms with Gasteiger partial charge in [0, 0.05) is 20.1 Å². The van der Waals surface area contributed by atoms with Gasteiger partial charge in [-0.2, -0.15) is 0 Å². The first-order valence-electron chi connectivity index (χ1n) is 6.43. The van der Waals surface area contributed by atoms with Crippen molar-refractivity contribution >= 4 is 15.9 Å². The van der Waals surface area contributed by atoms with Crippen molar-refractivity contribution < 1.29 is 18.3 Å². The van der Waals surface area contributed by atoms with Crippen LogP contribution in [0.2, 0.25) is 0 Å². The van der Waals surface area contributed by atoms with Crippen molar-refractivity contribution in [3.05, 3.63) is 0 Å². The van der Waals surface area contributed by atoms with Crippen LogP contribution in [0.5, 0.6) is 0 Å². The molecule has 0 aromatic carbocycles. The third-order valence-electron chi connectivity index (χ3n) is 3.83. The topological polar surface area (TPSA) is 77.9 Å². The number of aliphatic hydroxyl groups excluding tert-OH is 1. The highest BCUT2D eigenvalue weighted by molar-refractivity contribution is 7.88. The van der Waals surface area contributed by atoms with E-state index in [4.69, 9.17) is 0 Å². The zero-order valence-electron chi connectivity index (χ0n) is 12.1. The van der Waals surface area contributed by atoms with E-state index in [1.165, 1.54) is 15.5 Å². The summed E-state index contributed by atoms with van der Waals surface area (Å²) in [5, 5.41) is 9.29. The molecular formula is C12H24N2O4S. The Morgan fingerprint density at radius 3 is 2.53 bits per heavy atom. The highest BCUT2D eigenvalue weighted by atomic mass is 32.2. The third-order valence-corrected chi connectivity index (χ3v) is 5.10. The lowest BCUT2D eigenvalue weighted by molar-refractivity contribution is -0.141. The van der Waals surface area contributed by atoms with Gasteiger partial charge in [0.15, 0.2) is 0 Å². The van der Waals surface area contributed by atoms with Gasteiger partial charge in [-0.3, -0.25) is 4.79 Å². The molecule has 1 heterocycles. The Kier molecular flexibility index (Phi) is 4.97. The van der Waals surface area contributed by atoms with Crippen molar-refractivity contribution in [1.29, 1.82) is 0 Å². The molecule has 112 valence electrons. The molecule has 1 fully saturated rings. The van der Waals surface area contributed by atoms with Crippen LogP contribution < -0.4 is 0 Å². The maximum atomic E-state index is 12.4. The lowest BCUT2D eigenvalue weighted by Gasteiger charge is -2.38. The summed E-state index contributed by atoms with van der Waals surface area (Å²) in [6, 6.07) is 0. The van der Waals surface area contributed by atoms with Gasteiger partial charge in [-0.05, 0) is 26.7 Å². The van der Waals surface area contributed by atoms with Crippen molar-refractivity contribution in [3.8, 4) is 0 Å². The van der Waals surface area contributed by atoms with Gasteiger partial charge >= 0.3 is 0 Å². The lowest BCUT2D eigenvalue weighted by atomic mass is 9.95. The van der Waals surface area contributed by atoms with Crippen molar-refractivity contribution in [3.63, 3.8) is 0 Å². The number of hydrogen-bond donors (Lipinski definition) is 1. The Morgan fingerprint density at radius 1 is 1.47 bits per heavy atom. The fourth-order valence-corrected chi connectivity index (χ4v) is 3.03. The number of nitrogens with zero attached hydrogens (tertiary/aromatic N) is 2. The van der Waals surface area contributed by atoms with Crippen molar-refractivity contribution in [2.24, 2.45) is 5.92 Å². The fourth-order valence-electron chi connectivity index (χ4n) is 2.12. The molecule has 1 atom stereocenters. The number of hydrogen-bond acceptors (Lipinski definition) is 4. The van der Waals surface area contributed by atoms with Crippen LogP contribution in [0.4, 0.5) is 0 Å². The summed E-state index contributed by atoms with van der Waals surface area (Å²) < 4.78 is 24.4. The number of piperidine rings is 1. The molecule has 1 aliphatic rings. The van der Waals surface area contributed by atoms with Crippen molar-refractivity contribution in [2.75, 3.05) is 33.0 Å². The normalized spacial score (nSPS) is 22.3. The minimum absolute atomic E-state index is 0.104.